The molecule has 2 aliphatic heterocycles. The molecule has 11 heteroatoms. The molecule has 0 saturated carbocycles. The van der Waals surface area contributed by atoms with Gasteiger partial charge in [0, 0.05) is 17.4 Å². The molecule has 0 unspecified atom stereocenters. The number of ether oxygens (including phenoxy) is 2. The number of hydrazine groups is 1. The Balaban J connectivity index is 1.26. The third-order valence-corrected chi connectivity index (χ3v) is 6.86. The van der Waals surface area contributed by atoms with Crippen molar-refractivity contribution in [2.45, 2.75) is 12.8 Å². The van der Waals surface area contributed by atoms with Gasteiger partial charge in [0.15, 0.2) is 11.5 Å². The maximum Gasteiger partial charge on any atom is 0.270 e. The summed E-state index contributed by atoms with van der Waals surface area (Å²) in [6.07, 6.45) is 2.26. The molecular weight excluding hydrogens is 530 g/mol. The van der Waals surface area contributed by atoms with Crippen molar-refractivity contribution >= 4 is 68.0 Å². The Bertz CT molecular complexity index is 1170. The van der Waals surface area contributed by atoms with Gasteiger partial charge in [0.05, 0.1) is 10.5 Å². The van der Waals surface area contributed by atoms with Crippen LogP contribution in [0.4, 0.5) is 0 Å². The van der Waals surface area contributed by atoms with E-state index in [0.29, 0.717) is 43.7 Å². The van der Waals surface area contributed by atoms with Gasteiger partial charge in [0.25, 0.3) is 11.8 Å². The summed E-state index contributed by atoms with van der Waals surface area (Å²) >= 11 is 9.85. The van der Waals surface area contributed by atoms with Crippen molar-refractivity contribution in [3.63, 3.8) is 0 Å². The molecular formula is C22H18BrN3O5S2. The summed E-state index contributed by atoms with van der Waals surface area (Å²) in [7, 11) is 0. The minimum Gasteiger partial charge on any atom is -0.454 e. The standard InChI is InChI=1S/C22H18BrN3O5S2/c23-15-5-2-1-4-14(15)20(28)25-24-19(27)6-3-9-26-21(29)18(33-22(26)32)11-13-7-8-16-17(10-13)31-12-30-16/h1-2,4-5,7-8,10-11H,3,6,9,12H2,(H,24,27)(H,25,28). The zero-order valence-electron chi connectivity index (χ0n) is 17.1. The molecule has 0 bridgehead atoms. The van der Waals surface area contributed by atoms with Gasteiger partial charge in [-0.3, -0.25) is 30.1 Å². The van der Waals surface area contributed by atoms with Crippen LogP contribution < -0.4 is 20.3 Å². The second-order valence-corrected chi connectivity index (χ2v) is 9.56. The van der Waals surface area contributed by atoms with E-state index in [-0.39, 0.29) is 25.0 Å². The Labute approximate surface area is 207 Å². The molecule has 170 valence electrons. The predicted octanol–water partition coefficient (Wildman–Crippen LogP) is 3.62. The number of carbonyl (C=O) groups is 3. The first-order valence-electron chi connectivity index (χ1n) is 9.91. The number of rotatable bonds is 6. The Morgan fingerprint density at radius 3 is 2.76 bits per heavy atom. The third kappa shape index (κ3) is 5.55. The van der Waals surface area contributed by atoms with Gasteiger partial charge in [0.2, 0.25) is 12.7 Å². The Morgan fingerprint density at radius 2 is 1.94 bits per heavy atom. The molecule has 2 aliphatic rings. The quantitative estimate of drug-likeness (QED) is 0.324. The molecule has 2 aromatic carbocycles. The van der Waals surface area contributed by atoms with Crippen LogP contribution in [0.3, 0.4) is 0 Å². The van der Waals surface area contributed by atoms with Gasteiger partial charge in [-0.1, -0.05) is 42.2 Å². The Morgan fingerprint density at radius 1 is 1.15 bits per heavy atom. The highest BCUT2D eigenvalue weighted by Crippen LogP contribution is 2.36. The van der Waals surface area contributed by atoms with E-state index in [4.69, 9.17) is 21.7 Å². The predicted molar refractivity (Wildman–Crippen MR) is 131 cm³/mol. The Kier molecular flexibility index (Phi) is 7.31. The molecule has 2 N–H and O–H groups in total. The normalized spacial score (nSPS) is 15.8. The molecule has 1 fully saturated rings. The van der Waals surface area contributed by atoms with E-state index in [0.717, 1.165) is 5.56 Å². The number of nitrogens with one attached hydrogen (secondary N) is 2. The summed E-state index contributed by atoms with van der Waals surface area (Å²) < 4.78 is 11.7. The van der Waals surface area contributed by atoms with Crippen LogP contribution in [0.1, 0.15) is 28.8 Å². The fourth-order valence-corrected chi connectivity index (χ4v) is 4.92. The molecule has 2 heterocycles. The van der Waals surface area contributed by atoms with Gasteiger partial charge in [-0.05, 0) is 58.3 Å². The summed E-state index contributed by atoms with van der Waals surface area (Å²) in [6.45, 7) is 0.483. The summed E-state index contributed by atoms with van der Waals surface area (Å²) in [5, 5.41) is 0. The van der Waals surface area contributed by atoms with Gasteiger partial charge in [-0.15, -0.1) is 0 Å². The van der Waals surface area contributed by atoms with Gasteiger partial charge < -0.3 is 9.47 Å². The van der Waals surface area contributed by atoms with E-state index in [1.165, 1.54) is 16.7 Å². The van der Waals surface area contributed by atoms with Crippen molar-refractivity contribution in [2.24, 2.45) is 0 Å². The number of halogens is 1. The maximum atomic E-state index is 12.8. The fourth-order valence-electron chi connectivity index (χ4n) is 3.15. The van der Waals surface area contributed by atoms with Gasteiger partial charge in [0.1, 0.15) is 4.32 Å². The van der Waals surface area contributed by atoms with Crippen LogP contribution in [0.2, 0.25) is 0 Å². The first-order chi connectivity index (χ1) is 15.9. The van der Waals surface area contributed by atoms with Gasteiger partial charge in [-0.2, -0.15) is 0 Å². The number of nitrogens with zero attached hydrogens (tertiary/aromatic N) is 1. The van der Waals surface area contributed by atoms with E-state index in [1.807, 2.05) is 12.1 Å². The summed E-state index contributed by atoms with van der Waals surface area (Å²) in [4.78, 5) is 39.0. The van der Waals surface area contributed by atoms with E-state index < -0.39 is 5.91 Å². The van der Waals surface area contributed by atoms with Crippen molar-refractivity contribution in [1.29, 1.82) is 0 Å². The zero-order chi connectivity index (χ0) is 23.4. The molecule has 3 amide bonds. The van der Waals surface area contributed by atoms with Crippen LogP contribution in [-0.4, -0.2) is 40.3 Å². The number of fused-ring (bicyclic) bond motifs is 1. The number of carbonyl (C=O) groups excluding carboxylic acids is 3. The molecule has 0 aliphatic carbocycles. The second kappa shape index (κ2) is 10.4. The van der Waals surface area contributed by atoms with Crippen molar-refractivity contribution in [2.75, 3.05) is 13.3 Å². The van der Waals surface area contributed by atoms with Crippen LogP contribution in [0.25, 0.3) is 6.08 Å². The minimum atomic E-state index is -0.429. The van der Waals surface area contributed by atoms with Crippen molar-refractivity contribution in [3.8, 4) is 11.5 Å². The smallest absolute Gasteiger partial charge is 0.270 e. The van der Waals surface area contributed by atoms with Crippen LogP contribution in [-0.2, 0) is 9.59 Å². The number of hydrogen-bond donors (Lipinski definition) is 2. The highest BCUT2D eigenvalue weighted by molar-refractivity contribution is 9.10. The van der Waals surface area contributed by atoms with Crippen LogP contribution >= 0.6 is 39.9 Å². The number of benzene rings is 2. The average molecular weight is 548 g/mol. The lowest BCUT2D eigenvalue weighted by Gasteiger charge is -2.14. The lowest BCUT2D eigenvalue weighted by molar-refractivity contribution is -0.124. The van der Waals surface area contributed by atoms with E-state index in [2.05, 4.69) is 26.8 Å². The van der Waals surface area contributed by atoms with E-state index >= 15 is 0 Å². The molecule has 4 rings (SSSR count). The number of amides is 3. The molecule has 0 radical (unpaired) electrons. The topological polar surface area (TPSA) is 97.0 Å². The molecule has 0 aromatic heterocycles. The first-order valence-corrected chi connectivity index (χ1v) is 11.9. The van der Waals surface area contributed by atoms with Crippen molar-refractivity contribution in [1.82, 2.24) is 15.8 Å². The zero-order valence-corrected chi connectivity index (χ0v) is 20.3. The summed E-state index contributed by atoms with van der Waals surface area (Å²) in [5.74, 6) is 0.311. The second-order valence-electron chi connectivity index (χ2n) is 7.03. The summed E-state index contributed by atoms with van der Waals surface area (Å²) in [6, 6.07) is 12.3. The highest BCUT2D eigenvalue weighted by Gasteiger charge is 2.31. The molecule has 0 atom stereocenters. The van der Waals surface area contributed by atoms with E-state index in [9.17, 15) is 14.4 Å². The lowest BCUT2D eigenvalue weighted by atomic mass is 10.2. The number of hydrogen-bond acceptors (Lipinski definition) is 7. The largest absolute Gasteiger partial charge is 0.454 e. The number of thiocarbonyl (C=S) groups is 1. The van der Waals surface area contributed by atoms with Crippen molar-refractivity contribution in [3.05, 3.63) is 63.0 Å². The van der Waals surface area contributed by atoms with Gasteiger partial charge >= 0.3 is 0 Å². The molecule has 0 spiro atoms. The monoisotopic (exact) mass is 547 g/mol. The van der Waals surface area contributed by atoms with Crippen molar-refractivity contribution < 1.29 is 23.9 Å². The molecule has 2 aromatic rings. The molecule has 1 saturated heterocycles. The van der Waals surface area contributed by atoms with Crippen LogP contribution in [0.5, 0.6) is 11.5 Å². The minimum absolute atomic E-state index is 0.120. The maximum absolute atomic E-state index is 12.8. The van der Waals surface area contributed by atoms with Gasteiger partial charge in [-0.25, -0.2) is 0 Å². The SMILES string of the molecule is O=C(CCCN1C(=O)C(=Cc2ccc3c(c2)OCO3)SC1=S)NNC(=O)c1ccccc1Br. The average Bonchev–Trinajstić information content (AvgIpc) is 3.37. The third-order valence-electron chi connectivity index (χ3n) is 4.79. The Hall–Kier alpha value is -2.89. The number of thioether (sulfide) groups is 1. The highest BCUT2D eigenvalue weighted by atomic mass is 79.9. The molecule has 8 nitrogen and oxygen atoms in total. The van der Waals surface area contributed by atoms with Crippen LogP contribution in [0.15, 0.2) is 51.8 Å². The first kappa shape index (κ1) is 23.3. The van der Waals surface area contributed by atoms with Crippen LogP contribution in [0, 0.1) is 0 Å². The van der Waals surface area contributed by atoms with E-state index in [1.54, 1.807) is 36.4 Å². The fraction of sp³-hybridized carbons (Fsp3) is 0.182. The lowest BCUT2D eigenvalue weighted by Crippen LogP contribution is -2.42. The molecule has 33 heavy (non-hydrogen) atoms. The summed E-state index contributed by atoms with van der Waals surface area (Å²) in [5.41, 5.74) is 5.98.